The number of amidine groups is 1. The highest BCUT2D eigenvalue weighted by Crippen LogP contribution is 2.23. The standard InChI is InChI=1S/C25H20N4O5S/c30-22(27-21-14-23(31)29(28-21)17-8-2-1-3-9-17)15-35-18-10-6-7-16(13-18)26-24(32)19-11-4-5-12-20(19)25(33)34/h1-13H,14-15H2,(H,26,32)(H,33,34)(H,27,28,30). The molecular formula is C25H20N4O5S. The van der Waals surface area contributed by atoms with Crippen LogP contribution in [-0.4, -0.2) is 40.4 Å². The van der Waals surface area contributed by atoms with Crippen molar-refractivity contribution in [1.29, 1.82) is 0 Å². The molecule has 0 saturated carbocycles. The zero-order valence-corrected chi connectivity index (χ0v) is 19.1. The van der Waals surface area contributed by atoms with E-state index in [1.807, 2.05) is 6.07 Å². The molecule has 1 heterocycles. The average Bonchev–Trinajstić information content (AvgIpc) is 3.23. The van der Waals surface area contributed by atoms with Crippen LogP contribution in [-0.2, 0) is 9.59 Å². The number of hydrazone groups is 1. The molecule has 10 heteroatoms. The van der Waals surface area contributed by atoms with E-state index >= 15 is 0 Å². The van der Waals surface area contributed by atoms with Crippen molar-refractivity contribution in [3.63, 3.8) is 0 Å². The summed E-state index contributed by atoms with van der Waals surface area (Å²) >= 11 is 1.24. The summed E-state index contributed by atoms with van der Waals surface area (Å²) in [6.07, 6.45) is 0.00460. The molecule has 35 heavy (non-hydrogen) atoms. The van der Waals surface area contributed by atoms with Gasteiger partial charge >= 0.3 is 5.97 Å². The number of nitrogens with one attached hydrogen (secondary N) is 2. The third-order valence-electron chi connectivity index (χ3n) is 4.92. The first-order valence-corrected chi connectivity index (χ1v) is 11.5. The minimum Gasteiger partial charge on any atom is -0.478 e. The number of rotatable bonds is 7. The molecule has 1 aliphatic heterocycles. The molecule has 0 saturated heterocycles. The van der Waals surface area contributed by atoms with E-state index in [1.54, 1.807) is 60.7 Å². The van der Waals surface area contributed by atoms with Crippen LogP contribution in [0.5, 0.6) is 0 Å². The van der Waals surface area contributed by atoms with Crippen LogP contribution in [0, 0.1) is 0 Å². The number of carboxylic acid groups (broad SMARTS) is 1. The first-order chi connectivity index (χ1) is 16.9. The number of para-hydroxylation sites is 1. The summed E-state index contributed by atoms with van der Waals surface area (Å²) in [5, 5.41) is 20.1. The van der Waals surface area contributed by atoms with Gasteiger partial charge in [-0.3, -0.25) is 14.4 Å². The Balaban J connectivity index is 1.34. The average molecular weight is 489 g/mol. The molecule has 1 aliphatic rings. The van der Waals surface area contributed by atoms with Crippen molar-refractivity contribution in [2.24, 2.45) is 5.10 Å². The van der Waals surface area contributed by atoms with Crippen LogP contribution in [0.1, 0.15) is 27.1 Å². The summed E-state index contributed by atoms with van der Waals surface area (Å²) in [5.74, 6) is -1.94. The first-order valence-electron chi connectivity index (χ1n) is 10.5. The predicted octanol–water partition coefficient (Wildman–Crippen LogP) is 3.60. The molecule has 0 fully saturated rings. The van der Waals surface area contributed by atoms with Gasteiger partial charge in [-0.15, -0.1) is 11.8 Å². The second kappa shape index (κ2) is 10.7. The summed E-state index contributed by atoms with van der Waals surface area (Å²) in [7, 11) is 0. The number of nitrogens with zero attached hydrogens (tertiary/aromatic N) is 2. The van der Waals surface area contributed by atoms with Gasteiger partial charge in [-0.1, -0.05) is 36.4 Å². The lowest BCUT2D eigenvalue weighted by Crippen LogP contribution is -2.31. The van der Waals surface area contributed by atoms with Crippen LogP contribution in [0.15, 0.2) is 88.9 Å². The molecule has 3 N–H and O–H groups in total. The monoisotopic (exact) mass is 488 g/mol. The molecule has 0 bridgehead atoms. The molecule has 4 rings (SSSR count). The van der Waals surface area contributed by atoms with Crippen molar-refractivity contribution in [3.8, 4) is 0 Å². The normalized spacial score (nSPS) is 12.7. The third-order valence-corrected chi connectivity index (χ3v) is 5.92. The van der Waals surface area contributed by atoms with Gasteiger partial charge in [0.25, 0.3) is 11.8 Å². The van der Waals surface area contributed by atoms with Gasteiger partial charge in [-0.25, -0.2) is 4.79 Å². The minimum atomic E-state index is -1.19. The molecule has 0 radical (unpaired) electrons. The highest BCUT2D eigenvalue weighted by molar-refractivity contribution is 8.00. The van der Waals surface area contributed by atoms with Crippen LogP contribution in [0.3, 0.4) is 0 Å². The quantitative estimate of drug-likeness (QED) is 0.436. The van der Waals surface area contributed by atoms with Crippen LogP contribution in [0.25, 0.3) is 0 Å². The van der Waals surface area contributed by atoms with Crippen molar-refractivity contribution in [2.75, 3.05) is 16.1 Å². The summed E-state index contributed by atoms with van der Waals surface area (Å²) in [5.41, 5.74) is 1.05. The summed E-state index contributed by atoms with van der Waals surface area (Å²) in [6, 6.07) is 21.8. The van der Waals surface area contributed by atoms with Crippen LogP contribution < -0.4 is 15.6 Å². The molecule has 0 aromatic heterocycles. The molecule has 0 aliphatic carbocycles. The summed E-state index contributed by atoms with van der Waals surface area (Å²) in [6.45, 7) is 0. The van der Waals surface area contributed by atoms with Crippen molar-refractivity contribution in [2.45, 2.75) is 11.3 Å². The molecule has 0 spiro atoms. The summed E-state index contributed by atoms with van der Waals surface area (Å²) in [4.78, 5) is 49.3. The first kappa shape index (κ1) is 23.7. The van der Waals surface area contributed by atoms with Gasteiger partial charge in [0.15, 0.2) is 0 Å². The molecule has 0 atom stereocenters. The maximum Gasteiger partial charge on any atom is 0.336 e. The lowest BCUT2D eigenvalue weighted by atomic mass is 10.1. The molecule has 9 nitrogen and oxygen atoms in total. The lowest BCUT2D eigenvalue weighted by Gasteiger charge is -2.10. The third kappa shape index (κ3) is 5.92. The van der Waals surface area contributed by atoms with Crippen LogP contribution in [0.2, 0.25) is 0 Å². The maximum absolute atomic E-state index is 12.6. The largest absolute Gasteiger partial charge is 0.478 e. The zero-order valence-electron chi connectivity index (χ0n) is 18.3. The number of amides is 3. The Labute approximate surface area is 204 Å². The van der Waals surface area contributed by atoms with E-state index in [0.717, 1.165) is 4.90 Å². The van der Waals surface area contributed by atoms with Gasteiger partial charge in [0.1, 0.15) is 5.84 Å². The van der Waals surface area contributed by atoms with E-state index in [4.69, 9.17) is 0 Å². The zero-order chi connectivity index (χ0) is 24.8. The molecule has 3 aromatic carbocycles. The van der Waals surface area contributed by atoms with Crippen LogP contribution in [0.4, 0.5) is 11.4 Å². The molecule has 3 amide bonds. The van der Waals surface area contributed by atoms with Gasteiger partial charge in [0, 0.05) is 10.6 Å². The maximum atomic E-state index is 12.6. The van der Waals surface area contributed by atoms with Gasteiger partial charge < -0.3 is 15.7 Å². The molecular weight excluding hydrogens is 468 g/mol. The number of anilines is 2. The Hall–Kier alpha value is -4.44. The molecule has 3 aromatic rings. The fraction of sp³-hybridized carbons (Fsp3) is 0.0800. The Kier molecular flexibility index (Phi) is 7.22. The fourth-order valence-corrected chi connectivity index (χ4v) is 4.10. The fourth-order valence-electron chi connectivity index (χ4n) is 3.35. The minimum absolute atomic E-state index is 0.00460. The SMILES string of the molecule is O=C(CSc1cccc(NC(=O)c2ccccc2C(=O)O)c1)NC1=NN(c2ccccc2)C(=O)C1. The van der Waals surface area contributed by atoms with E-state index < -0.39 is 11.9 Å². The van der Waals surface area contributed by atoms with E-state index in [2.05, 4.69) is 15.7 Å². The van der Waals surface area contributed by atoms with Crippen molar-refractivity contribution >= 4 is 52.7 Å². The smallest absolute Gasteiger partial charge is 0.336 e. The summed E-state index contributed by atoms with van der Waals surface area (Å²) < 4.78 is 0. The number of carboxylic acids is 1. The highest BCUT2D eigenvalue weighted by atomic mass is 32.2. The number of hydrogen-bond acceptors (Lipinski definition) is 6. The van der Waals surface area contributed by atoms with E-state index in [-0.39, 0.29) is 41.0 Å². The van der Waals surface area contributed by atoms with Gasteiger partial charge in [-0.05, 0) is 42.5 Å². The number of carbonyl (C=O) groups is 4. The predicted molar refractivity (Wildman–Crippen MR) is 133 cm³/mol. The van der Waals surface area contributed by atoms with Crippen molar-refractivity contribution < 1.29 is 24.3 Å². The van der Waals surface area contributed by atoms with Gasteiger partial charge in [0.2, 0.25) is 5.91 Å². The number of thioether (sulfide) groups is 1. The second-order valence-corrected chi connectivity index (χ2v) is 8.48. The Morgan fingerprint density at radius 3 is 2.37 bits per heavy atom. The van der Waals surface area contributed by atoms with Crippen LogP contribution >= 0.6 is 11.8 Å². The van der Waals surface area contributed by atoms with E-state index in [0.29, 0.717) is 11.4 Å². The Bertz CT molecular complexity index is 1330. The lowest BCUT2D eigenvalue weighted by molar-refractivity contribution is -0.117. The topological polar surface area (TPSA) is 128 Å². The number of carbonyl (C=O) groups excluding carboxylic acids is 3. The number of aromatic carboxylic acids is 1. The van der Waals surface area contributed by atoms with Gasteiger partial charge in [-0.2, -0.15) is 10.1 Å². The molecule has 176 valence electrons. The number of hydrogen-bond donors (Lipinski definition) is 3. The Morgan fingerprint density at radius 1 is 0.914 bits per heavy atom. The van der Waals surface area contributed by atoms with E-state index in [1.165, 1.54) is 28.9 Å². The second-order valence-electron chi connectivity index (χ2n) is 7.43. The van der Waals surface area contributed by atoms with E-state index in [9.17, 15) is 24.3 Å². The molecule has 0 unspecified atom stereocenters. The number of benzene rings is 3. The van der Waals surface area contributed by atoms with Crippen molar-refractivity contribution in [3.05, 3.63) is 90.0 Å². The Morgan fingerprint density at radius 2 is 1.63 bits per heavy atom. The highest BCUT2D eigenvalue weighted by Gasteiger charge is 2.26. The van der Waals surface area contributed by atoms with Gasteiger partial charge in [0.05, 0.1) is 29.0 Å². The van der Waals surface area contributed by atoms with Crippen molar-refractivity contribution in [1.82, 2.24) is 5.32 Å².